The molecule has 106 valence electrons. The maximum atomic E-state index is 12.0. The van der Waals surface area contributed by atoms with Crippen molar-refractivity contribution in [2.24, 2.45) is 5.92 Å². The number of hydrogen-bond donors (Lipinski definition) is 1. The lowest BCUT2D eigenvalue weighted by atomic mass is 10.1. The molecule has 1 aromatic carbocycles. The number of ether oxygens (including phenoxy) is 1. The van der Waals surface area contributed by atoms with Gasteiger partial charge in [0, 0.05) is 13.0 Å². The molecule has 0 spiro atoms. The normalized spacial score (nSPS) is 18.2. The number of para-hydroxylation sites is 1. The van der Waals surface area contributed by atoms with Crippen molar-refractivity contribution in [2.75, 3.05) is 18.6 Å². The van der Waals surface area contributed by atoms with E-state index in [0.29, 0.717) is 0 Å². The molecule has 1 N–H and O–H groups in total. The third-order valence-corrected chi connectivity index (χ3v) is 3.44. The zero-order chi connectivity index (χ0) is 14.9. The number of carboxylic acid groups (broad SMARTS) is 1. The van der Waals surface area contributed by atoms with Crippen LogP contribution in [0.25, 0.3) is 0 Å². The van der Waals surface area contributed by atoms with Gasteiger partial charge >= 0.3 is 11.9 Å². The van der Waals surface area contributed by atoms with Crippen molar-refractivity contribution in [1.82, 2.24) is 0 Å². The van der Waals surface area contributed by atoms with Gasteiger partial charge in [0.05, 0.1) is 29.3 Å². The molecule has 0 aromatic heterocycles. The van der Waals surface area contributed by atoms with E-state index in [1.54, 1.807) is 6.07 Å². The Balaban J connectivity index is 2.45. The number of carbonyl (C=O) groups excluding carboxylic acids is 2. The zero-order valence-corrected chi connectivity index (χ0v) is 11.4. The monoisotopic (exact) mass is 297 g/mol. The first-order valence-corrected chi connectivity index (χ1v) is 6.23. The maximum absolute atomic E-state index is 12.0. The van der Waals surface area contributed by atoms with E-state index in [1.807, 2.05) is 0 Å². The van der Waals surface area contributed by atoms with Crippen LogP contribution in [0, 0.1) is 5.92 Å². The second kappa shape index (κ2) is 5.50. The molecular weight excluding hydrogens is 286 g/mol. The molecule has 1 aromatic rings. The first kappa shape index (κ1) is 14.3. The number of esters is 1. The molecule has 1 heterocycles. The fourth-order valence-electron chi connectivity index (χ4n) is 2.15. The van der Waals surface area contributed by atoms with Crippen molar-refractivity contribution in [3.05, 3.63) is 28.8 Å². The largest absolute Gasteiger partial charge is 0.481 e. The zero-order valence-electron chi connectivity index (χ0n) is 10.6. The predicted octanol–water partition coefficient (Wildman–Crippen LogP) is 1.56. The van der Waals surface area contributed by atoms with E-state index in [4.69, 9.17) is 16.7 Å². The Labute approximate surface area is 119 Å². The Morgan fingerprint density at radius 2 is 2.15 bits per heavy atom. The highest BCUT2D eigenvalue weighted by Crippen LogP contribution is 2.34. The van der Waals surface area contributed by atoms with Gasteiger partial charge in [-0.25, -0.2) is 4.79 Å². The highest BCUT2D eigenvalue weighted by molar-refractivity contribution is 6.35. The number of aliphatic carboxylic acids is 1. The van der Waals surface area contributed by atoms with Crippen molar-refractivity contribution >= 4 is 35.1 Å². The Bertz CT molecular complexity index is 586. The van der Waals surface area contributed by atoms with Gasteiger partial charge in [-0.15, -0.1) is 0 Å². The number of nitrogens with zero attached hydrogens (tertiary/aromatic N) is 1. The maximum Gasteiger partial charge on any atom is 0.340 e. The van der Waals surface area contributed by atoms with E-state index in [1.165, 1.54) is 24.1 Å². The lowest BCUT2D eigenvalue weighted by Crippen LogP contribution is -2.28. The van der Waals surface area contributed by atoms with Gasteiger partial charge < -0.3 is 14.7 Å². The molecule has 20 heavy (non-hydrogen) atoms. The van der Waals surface area contributed by atoms with E-state index >= 15 is 0 Å². The molecule has 1 amide bonds. The van der Waals surface area contributed by atoms with Crippen molar-refractivity contribution in [1.29, 1.82) is 0 Å². The Hall–Kier alpha value is -2.08. The summed E-state index contributed by atoms with van der Waals surface area (Å²) in [6, 6.07) is 4.58. The van der Waals surface area contributed by atoms with Gasteiger partial charge in [-0.3, -0.25) is 9.59 Å². The minimum Gasteiger partial charge on any atom is -0.481 e. The summed E-state index contributed by atoms with van der Waals surface area (Å²) in [5.74, 6) is -2.86. The molecule has 0 aliphatic carbocycles. The van der Waals surface area contributed by atoms with Gasteiger partial charge in [0.15, 0.2) is 0 Å². The van der Waals surface area contributed by atoms with Crippen LogP contribution >= 0.6 is 11.6 Å². The average molecular weight is 298 g/mol. The lowest BCUT2D eigenvalue weighted by Gasteiger charge is -2.20. The van der Waals surface area contributed by atoms with Crippen molar-refractivity contribution in [3.63, 3.8) is 0 Å². The van der Waals surface area contributed by atoms with Crippen molar-refractivity contribution in [3.8, 4) is 0 Å². The predicted molar refractivity (Wildman–Crippen MR) is 70.9 cm³/mol. The van der Waals surface area contributed by atoms with Crippen LogP contribution in [0.4, 0.5) is 5.69 Å². The van der Waals surface area contributed by atoms with Crippen LogP contribution in [0.1, 0.15) is 16.8 Å². The lowest BCUT2D eigenvalue weighted by molar-refractivity contribution is -0.141. The number of rotatable bonds is 3. The highest BCUT2D eigenvalue weighted by Gasteiger charge is 2.37. The van der Waals surface area contributed by atoms with Crippen LogP contribution in [-0.4, -0.2) is 36.6 Å². The molecule has 0 saturated carbocycles. The number of methoxy groups -OCH3 is 1. The summed E-state index contributed by atoms with van der Waals surface area (Å²) >= 11 is 6.05. The minimum atomic E-state index is -1.05. The molecule has 1 saturated heterocycles. The summed E-state index contributed by atoms with van der Waals surface area (Å²) in [4.78, 5) is 35.9. The highest BCUT2D eigenvalue weighted by atomic mass is 35.5. The molecule has 6 nitrogen and oxygen atoms in total. The smallest absolute Gasteiger partial charge is 0.340 e. The topological polar surface area (TPSA) is 83.9 Å². The number of benzene rings is 1. The van der Waals surface area contributed by atoms with Crippen LogP contribution in [0.15, 0.2) is 18.2 Å². The van der Waals surface area contributed by atoms with Crippen LogP contribution in [0.5, 0.6) is 0 Å². The summed E-state index contributed by atoms with van der Waals surface area (Å²) in [6.07, 6.45) is -0.110. The van der Waals surface area contributed by atoms with Gasteiger partial charge in [0.25, 0.3) is 0 Å². The summed E-state index contributed by atoms with van der Waals surface area (Å²) in [7, 11) is 1.22. The molecule has 1 aliphatic rings. The number of halogens is 1. The fraction of sp³-hybridized carbons (Fsp3) is 0.308. The fourth-order valence-corrected chi connectivity index (χ4v) is 2.43. The third-order valence-electron chi connectivity index (χ3n) is 3.14. The SMILES string of the molecule is COC(=O)c1cccc(Cl)c1N1CC(C(=O)O)CC1=O. The van der Waals surface area contributed by atoms with Crippen LogP contribution in [-0.2, 0) is 14.3 Å². The molecule has 2 rings (SSSR count). The molecule has 0 bridgehead atoms. The van der Waals surface area contributed by atoms with Crippen molar-refractivity contribution < 1.29 is 24.2 Å². The molecule has 1 atom stereocenters. The van der Waals surface area contributed by atoms with E-state index in [-0.39, 0.29) is 35.1 Å². The number of carbonyl (C=O) groups is 3. The van der Waals surface area contributed by atoms with Crippen LogP contribution in [0.2, 0.25) is 5.02 Å². The Morgan fingerprint density at radius 3 is 2.70 bits per heavy atom. The minimum absolute atomic E-state index is 0.0120. The Kier molecular flexibility index (Phi) is 3.94. The number of amides is 1. The van der Waals surface area contributed by atoms with E-state index in [2.05, 4.69) is 4.74 Å². The number of anilines is 1. The second-order valence-corrected chi connectivity index (χ2v) is 4.78. The van der Waals surface area contributed by atoms with Gasteiger partial charge in [-0.1, -0.05) is 17.7 Å². The van der Waals surface area contributed by atoms with E-state index in [0.717, 1.165) is 0 Å². The third kappa shape index (κ3) is 2.46. The first-order valence-electron chi connectivity index (χ1n) is 5.85. The summed E-state index contributed by atoms with van der Waals surface area (Å²) in [5.41, 5.74) is 0.342. The molecule has 7 heteroatoms. The second-order valence-electron chi connectivity index (χ2n) is 4.37. The van der Waals surface area contributed by atoms with Crippen LogP contribution < -0.4 is 4.90 Å². The first-order chi connectivity index (χ1) is 9.45. The summed E-state index contributed by atoms with van der Waals surface area (Å²) in [6.45, 7) is -0.0120. The molecular formula is C13H12ClNO5. The number of carboxylic acids is 1. The average Bonchev–Trinajstić information content (AvgIpc) is 2.79. The van der Waals surface area contributed by atoms with Gasteiger partial charge in [-0.05, 0) is 12.1 Å². The van der Waals surface area contributed by atoms with Gasteiger partial charge in [0.1, 0.15) is 0 Å². The number of hydrogen-bond acceptors (Lipinski definition) is 4. The molecule has 1 aliphatic heterocycles. The molecule has 0 radical (unpaired) electrons. The summed E-state index contributed by atoms with van der Waals surface area (Å²) < 4.78 is 4.65. The van der Waals surface area contributed by atoms with Crippen LogP contribution in [0.3, 0.4) is 0 Å². The standard InChI is InChI=1S/C13H12ClNO5/c1-20-13(19)8-3-2-4-9(14)11(8)15-6-7(12(17)18)5-10(15)16/h2-4,7H,5-6H2,1H3,(H,17,18). The van der Waals surface area contributed by atoms with Gasteiger partial charge in [-0.2, -0.15) is 0 Å². The molecule has 1 unspecified atom stereocenters. The molecule has 1 fully saturated rings. The quantitative estimate of drug-likeness (QED) is 0.856. The van der Waals surface area contributed by atoms with E-state index in [9.17, 15) is 14.4 Å². The Morgan fingerprint density at radius 1 is 1.45 bits per heavy atom. The summed E-state index contributed by atoms with van der Waals surface area (Å²) in [5, 5.41) is 9.19. The van der Waals surface area contributed by atoms with Gasteiger partial charge in [0.2, 0.25) is 5.91 Å². The van der Waals surface area contributed by atoms with E-state index < -0.39 is 17.9 Å². The van der Waals surface area contributed by atoms with Crippen molar-refractivity contribution in [2.45, 2.75) is 6.42 Å².